The molecule has 11 heavy (non-hydrogen) atoms. The maximum absolute atomic E-state index is 10.5. The van der Waals surface area contributed by atoms with Gasteiger partial charge in [0.25, 0.3) is 0 Å². The summed E-state index contributed by atoms with van der Waals surface area (Å²) in [6.45, 7) is 1.52. The number of rotatable bonds is 5. The summed E-state index contributed by atoms with van der Waals surface area (Å²) in [4.78, 5) is 20.5. The summed E-state index contributed by atoms with van der Waals surface area (Å²) in [6, 6.07) is -0.536. The van der Waals surface area contributed by atoms with E-state index in [0.717, 1.165) is 0 Å². The molecule has 1 unspecified atom stereocenters. The van der Waals surface area contributed by atoms with Gasteiger partial charge in [-0.1, -0.05) is 6.92 Å². The second-order valence-electron chi connectivity index (χ2n) is 2.14. The molecule has 0 aliphatic heterocycles. The quantitative estimate of drug-likeness (QED) is 0.477. The minimum atomic E-state index is -0.996. The molecule has 64 valence electrons. The Hall–Kier alpha value is -1.10. The summed E-state index contributed by atoms with van der Waals surface area (Å²) in [5.74, 6) is -1.52. The van der Waals surface area contributed by atoms with Crippen molar-refractivity contribution in [2.75, 3.05) is 6.54 Å². The third-order valence-corrected chi connectivity index (χ3v) is 1.25. The highest BCUT2D eigenvalue weighted by molar-refractivity contribution is 5.80. The number of primary amides is 1. The smallest absolute Gasteiger partial charge is 0.317 e. The number of hydrogen-bond acceptors (Lipinski definition) is 3. The van der Waals surface area contributed by atoms with Gasteiger partial charge in [0.05, 0.1) is 12.6 Å². The highest BCUT2D eigenvalue weighted by Crippen LogP contribution is 1.87. The van der Waals surface area contributed by atoms with Crippen LogP contribution in [0.4, 0.5) is 0 Å². The number of nitrogens with one attached hydrogen (secondary N) is 1. The molecule has 0 aromatic rings. The third-order valence-electron chi connectivity index (χ3n) is 1.25. The topological polar surface area (TPSA) is 92.4 Å². The van der Waals surface area contributed by atoms with Crippen molar-refractivity contribution in [1.29, 1.82) is 0 Å². The maximum atomic E-state index is 10.5. The third kappa shape index (κ3) is 4.32. The van der Waals surface area contributed by atoms with Gasteiger partial charge in [-0.25, -0.2) is 0 Å². The molecule has 1 amide bonds. The van der Waals surface area contributed by atoms with Crippen LogP contribution in [0.1, 0.15) is 13.3 Å². The summed E-state index contributed by atoms with van der Waals surface area (Å²) in [7, 11) is 0. The molecule has 0 saturated carbocycles. The van der Waals surface area contributed by atoms with E-state index in [9.17, 15) is 9.59 Å². The molecule has 0 heterocycles. The van der Waals surface area contributed by atoms with Crippen LogP contribution in [0.2, 0.25) is 0 Å². The average Bonchev–Trinajstić information content (AvgIpc) is 1.87. The molecule has 0 fully saturated rings. The van der Waals surface area contributed by atoms with E-state index < -0.39 is 17.9 Å². The summed E-state index contributed by atoms with van der Waals surface area (Å²) < 4.78 is 0. The molecule has 0 aliphatic carbocycles. The SMILES string of the molecule is CCC(NCC(=O)O)C(N)=O. The average molecular weight is 160 g/mol. The van der Waals surface area contributed by atoms with Crippen molar-refractivity contribution in [3.63, 3.8) is 0 Å². The van der Waals surface area contributed by atoms with Crippen LogP contribution in [0.25, 0.3) is 0 Å². The lowest BCUT2D eigenvalue weighted by atomic mass is 10.2. The van der Waals surface area contributed by atoms with Crippen molar-refractivity contribution in [2.45, 2.75) is 19.4 Å². The fraction of sp³-hybridized carbons (Fsp3) is 0.667. The first kappa shape index (κ1) is 9.90. The van der Waals surface area contributed by atoms with Crippen molar-refractivity contribution in [3.8, 4) is 0 Å². The van der Waals surface area contributed by atoms with E-state index in [4.69, 9.17) is 10.8 Å². The fourth-order valence-electron chi connectivity index (χ4n) is 0.657. The van der Waals surface area contributed by atoms with Crippen LogP contribution in [0.15, 0.2) is 0 Å². The van der Waals surface area contributed by atoms with Crippen molar-refractivity contribution >= 4 is 11.9 Å². The monoisotopic (exact) mass is 160 g/mol. The normalized spacial score (nSPS) is 12.5. The minimum Gasteiger partial charge on any atom is -0.480 e. The summed E-state index contributed by atoms with van der Waals surface area (Å²) in [5, 5.41) is 10.7. The first-order valence-corrected chi connectivity index (χ1v) is 3.32. The zero-order valence-electron chi connectivity index (χ0n) is 6.33. The first-order valence-electron chi connectivity index (χ1n) is 3.32. The van der Waals surface area contributed by atoms with Crippen LogP contribution in [0, 0.1) is 0 Å². The zero-order valence-corrected chi connectivity index (χ0v) is 6.33. The highest BCUT2D eigenvalue weighted by Gasteiger charge is 2.12. The van der Waals surface area contributed by atoms with Gasteiger partial charge in [-0.05, 0) is 6.42 Å². The summed E-state index contributed by atoms with van der Waals surface area (Å²) >= 11 is 0. The van der Waals surface area contributed by atoms with Crippen LogP contribution >= 0.6 is 0 Å². The molecule has 0 aromatic heterocycles. The summed E-state index contributed by atoms with van der Waals surface area (Å²) in [5.41, 5.74) is 4.94. The largest absolute Gasteiger partial charge is 0.480 e. The van der Waals surface area contributed by atoms with Gasteiger partial charge in [-0.2, -0.15) is 0 Å². The Morgan fingerprint density at radius 1 is 1.64 bits per heavy atom. The van der Waals surface area contributed by atoms with Gasteiger partial charge in [-0.15, -0.1) is 0 Å². The lowest BCUT2D eigenvalue weighted by molar-refractivity contribution is -0.136. The van der Waals surface area contributed by atoms with E-state index >= 15 is 0 Å². The molecule has 0 aliphatic rings. The van der Waals surface area contributed by atoms with Gasteiger partial charge in [-0.3, -0.25) is 14.9 Å². The second-order valence-corrected chi connectivity index (χ2v) is 2.14. The van der Waals surface area contributed by atoms with Gasteiger partial charge >= 0.3 is 5.97 Å². The number of amides is 1. The van der Waals surface area contributed by atoms with E-state index in [1.54, 1.807) is 6.92 Å². The predicted molar refractivity (Wildman–Crippen MR) is 38.9 cm³/mol. The molecule has 5 heteroatoms. The molecular formula is C6H12N2O3. The van der Waals surface area contributed by atoms with E-state index in [2.05, 4.69) is 5.32 Å². The van der Waals surface area contributed by atoms with E-state index in [-0.39, 0.29) is 6.54 Å². The van der Waals surface area contributed by atoms with Gasteiger partial charge < -0.3 is 10.8 Å². The molecule has 4 N–H and O–H groups in total. The van der Waals surface area contributed by atoms with Gasteiger partial charge in [0.2, 0.25) is 5.91 Å². The lowest BCUT2D eigenvalue weighted by Crippen LogP contribution is -2.42. The van der Waals surface area contributed by atoms with Crippen molar-refractivity contribution in [1.82, 2.24) is 5.32 Å². The molecule has 0 spiro atoms. The first-order chi connectivity index (χ1) is 5.07. The number of carboxylic acids is 1. The van der Waals surface area contributed by atoms with Gasteiger partial charge in [0, 0.05) is 0 Å². The fourth-order valence-corrected chi connectivity index (χ4v) is 0.657. The Kier molecular flexibility index (Phi) is 4.21. The Balaban J connectivity index is 3.70. The Morgan fingerprint density at radius 3 is 2.45 bits per heavy atom. The predicted octanol–water partition coefficient (Wildman–Crippen LogP) is -1.08. The number of carbonyl (C=O) groups excluding carboxylic acids is 1. The van der Waals surface area contributed by atoms with E-state index in [1.165, 1.54) is 0 Å². The second kappa shape index (κ2) is 4.68. The molecule has 0 aromatic carbocycles. The molecule has 0 bridgehead atoms. The van der Waals surface area contributed by atoms with E-state index in [0.29, 0.717) is 6.42 Å². The van der Waals surface area contributed by atoms with Crippen LogP contribution in [-0.4, -0.2) is 29.6 Å². The molecule has 0 saturated heterocycles. The number of carboxylic acid groups (broad SMARTS) is 1. The minimum absolute atomic E-state index is 0.235. The van der Waals surface area contributed by atoms with Crippen LogP contribution < -0.4 is 11.1 Å². The summed E-state index contributed by atoms with van der Waals surface area (Å²) in [6.07, 6.45) is 0.503. The van der Waals surface area contributed by atoms with Crippen molar-refractivity contribution < 1.29 is 14.7 Å². The highest BCUT2D eigenvalue weighted by atomic mass is 16.4. The molecule has 5 nitrogen and oxygen atoms in total. The molecule has 0 rings (SSSR count). The zero-order chi connectivity index (χ0) is 8.85. The Bertz CT molecular complexity index is 158. The molecule has 0 radical (unpaired) electrons. The Morgan fingerprint density at radius 2 is 2.18 bits per heavy atom. The van der Waals surface area contributed by atoms with Crippen molar-refractivity contribution in [2.24, 2.45) is 5.73 Å². The van der Waals surface area contributed by atoms with Gasteiger partial charge in [0.15, 0.2) is 0 Å². The number of aliphatic carboxylic acids is 1. The molecule has 1 atom stereocenters. The van der Waals surface area contributed by atoms with Gasteiger partial charge in [0.1, 0.15) is 0 Å². The van der Waals surface area contributed by atoms with Crippen LogP contribution in [0.3, 0.4) is 0 Å². The van der Waals surface area contributed by atoms with Crippen LogP contribution in [0.5, 0.6) is 0 Å². The number of carbonyl (C=O) groups is 2. The molecular weight excluding hydrogens is 148 g/mol. The lowest BCUT2D eigenvalue weighted by Gasteiger charge is -2.10. The van der Waals surface area contributed by atoms with E-state index in [1.807, 2.05) is 0 Å². The van der Waals surface area contributed by atoms with Crippen LogP contribution in [-0.2, 0) is 9.59 Å². The standard InChI is InChI=1S/C6H12N2O3/c1-2-4(6(7)11)8-3-5(9)10/h4,8H,2-3H2,1H3,(H2,7,11)(H,9,10). The maximum Gasteiger partial charge on any atom is 0.317 e. The number of nitrogens with two attached hydrogens (primary N) is 1. The van der Waals surface area contributed by atoms with Crippen molar-refractivity contribution in [3.05, 3.63) is 0 Å². The number of hydrogen-bond donors (Lipinski definition) is 3. The Labute approximate surface area is 64.6 Å².